The largest absolute Gasteiger partial charge is 0.383 e. The number of methoxy groups -OCH3 is 1. The van der Waals surface area contributed by atoms with E-state index in [2.05, 4.69) is 33.0 Å². The van der Waals surface area contributed by atoms with E-state index in [9.17, 15) is 0 Å². The third-order valence-corrected chi connectivity index (χ3v) is 4.19. The van der Waals surface area contributed by atoms with Gasteiger partial charge in [-0.1, -0.05) is 6.42 Å². The Morgan fingerprint density at radius 1 is 1.45 bits per heavy atom. The summed E-state index contributed by atoms with van der Waals surface area (Å²) in [6, 6.07) is 0.737. The molecule has 0 bridgehead atoms. The van der Waals surface area contributed by atoms with Crippen molar-refractivity contribution in [3.05, 3.63) is 18.2 Å². The molecule has 0 aliphatic carbocycles. The Kier molecular flexibility index (Phi) is 6.50. The molecule has 0 aromatic carbocycles. The van der Waals surface area contributed by atoms with Crippen LogP contribution in [0.2, 0.25) is 0 Å². The van der Waals surface area contributed by atoms with Crippen molar-refractivity contribution in [3.63, 3.8) is 0 Å². The molecule has 1 saturated heterocycles. The van der Waals surface area contributed by atoms with Gasteiger partial charge in [-0.25, -0.2) is 4.98 Å². The average molecular weight is 280 g/mol. The lowest BCUT2D eigenvalue weighted by molar-refractivity contribution is 0.170. The molecule has 1 N–H and O–H groups in total. The van der Waals surface area contributed by atoms with Crippen molar-refractivity contribution in [2.75, 3.05) is 33.9 Å². The molecule has 1 aromatic heterocycles. The van der Waals surface area contributed by atoms with Crippen molar-refractivity contribution in [3.8, 4) is 0 Å². The molecule has 114 valence electrons. The summed E-state index contributed by atoms with van der Waals surface area (Å²) in [6.45, 7) is 4.75. The minimum absolute atomic E-state index is 0.737. The lowest BCUT2D eigenvalue weighted by Gasteiger charge is -2.32. The van der Waals surface area contributed by atoms with E-state index in [1.807, 2.05) is 6.20 Å². The highest BCUT2D eigenvalue weighted by molar-refractivity contribution is 4.92. The number of piperidine rings is 1. The molecule has 0 spiro atoms. The summed E-state index contributed by atoms with van der Waals surface area (Å²) in [4.78, 5) is 6.95. The summed E-state index contributed by atoms with van der Waals surface area (Å²) in [5.74, 6) is 1.12. The van der Waals surface area contributed by atoms with Gasteiger partial charge < -0.3 is 19.5 Å². The van der Waals surface area contributed by atoms with E-state index in [-0.39, 0.29) is 0 Å². The number of imidazole rings is 1. The van der Waals surface area contributed by atoms with Crippen molar-refractivity contribution in [1.82, 2.24) is 19.8 Å². The highest BCUT2D eigenvalue weighted by Crippen LogP contribution is 2.18. The van der Waals surface area contributed by atoms with Crippen molar-refractivity contribution in [2.45, 2.75) is 44.8 Å². The van der Waals surface area contributed by atoms with Crippen molar-refractivity contribution in [1.29, 1.82) is 0 Å². The Morgan fingerprint density at radius 3 is 3.15 bits per heavy atom. The number of aryl methyl sites for hydroxylation is 1. The standard InChI is InChI=1S/C15H28N4O/c1-18-9-4-3-5-14(18)6-10-19-11-7-17-15(19)13-16-8-12-20-2/h7,11,14,16H,3-6,8-10,12-13H2,1-2H3. The summed E-state index contributed by atoms with van der Waals surface area (Å²) in [7, 11) is 3.98. The van der Waals surface area contributed by atoms with Gasteiger partial charge in [-0.2, -0.15) is 0 Å². The Morgan fingerprint density at radius 2 is 2.35 bits per heavy atom. The number of nitrogens with zero attached hydrogens (tertiary/aromatic N) is 3. The van der Waals surface area contributed by atoms with Gasteiger partial charge in [-0.15, -0.1) is 0 Å². The zero-order valence-electron chi connectivity index (χ0n) is 12.8. The predicted octanol–water partition coefficient (Wildman–Crippen LogP) is 1.49. The normalized spacial score (nSPS) is 20.4. The van der Waals surface area contributed by atoms with Gasteiger partial charge in [0.15, 0.2) is 0 Å². The zero-order chi connectivity index (χ0) is 14.2. The van der Waals surface area contributed by atoms with E-state index in [4.69, 9.17) is 4.74 Å². The zero-order valence-corrected chi connectivity index (χ0v) is 12.8. The molecule has 0 amide bonds. The molecule has 20 heavy (non-hydrogen) atoms. The highest BCUT2D eigenvalue weighted by atomic mass is 16.5. The number of hydrogen-bond acceptors (Lipinski definition) is 4. The van der Waals surface area contributed by atoms with Crippen LogP contribution in [-0.2, 0) is 17.8 Å². The van der Waals surface area contributed by atoms with E-state index in [1.54, 1.807) is 7.11 Å². The summed E-state index contributed by atoms with van der Waals surface area (Å²) in [6.07, 6.45) is 9.29. The quantitative estimate of drug-likeness (QED) is 0.733. The molecule has 0 radical (unpaired) electrons. The fourth-order valence-corrected chi connectivity index (χ4v) is 2.88. The van der Waals surface area contributed by atoms with Gasteiger partial charge in [0, 0.05) is 38.6 Å². The lowest BCUT2D eigenvalue weighted by atomic mass is 10.0. The summed E-state index contributed by atoms with van der Waals surface area (Å²) < 4.78 is 7.31. The minimum Gasteiger partial charge on any atom is -0.383 e. The first kappa shape index (κ1) is 15.5. The highest BCUT2D eigenvalue weighted by Gasteiger charge is 2.18. The number of hydrogen-bond donors (Lipinski definition) is 1. The lowest BCUT2D eigenvalue weighted by Crippen LogP contribution is -2.36. The monoisotopic (exact) mass is 280 g/mol. The van der Waals surface area contributed by atoms with Crippen molar-refractivity contribution >= 4 is 0 Å². The SMILES string of the molecule is COCCNCc1nccn1CCC1CCCCN1C. The van der Waals surface area contributed by atoms with Crippen LogP contribution in [0, 0.1) is 0 Å². The molecule has 2 rings (SSSR count). The number of rotatable bonds is 8. The second-order valence-electron chi connectivity index (χ2n) is 5.63. The Hall–Kier alpha value is -0.910. The van der Waals surface area contributed by atoms with Crippen LogP contribution in [0.3, 0.4) is 0 Å². The third-order valence-electron chi connectivity index (χ3n) is 4.19. The van der Waals surface area contributed by atoms with Crippen LogP contribution in [0.15, 0.2) is 12.4 Å². The Labute approximate surface area is 122 Å². The molecule has 1 atom stereocenters. The first-order chi connectivity index (χ1) is 9.81. The molecular formula is C15H28N4O. The molecule has 1 unspecified atom stereocenters. The first-order valence-electron chi connectivity index (χ1n) is 7.71. The van der Waals surface area contributed by atoms with Crippen LogP contribution in [0.4, 0.5) is 0 Å². The molecule has 1 fully saturated rings. The van der Waals surface area contributed by atoms with Gasteiger partial charge in [-0.05, 0) is 32.9 Å². The maximum absolute atomic E-state index is 5.03. The van der Waals surface area contributed by atoms with Gasteiger partial charge in [0.05, 0.1) is 13.2 Å². The maximum atomic E-state index is 5.03. The minimum atomic E-state index is 0.737. The molecule has 1 aliphatic rings. The fourth-order valence-electron chi connectivity index (χ4n) is 2.88. The number of aromatic nitrogens is 2. The Bertz CT molecular complexity index is 380. The topological polar surface area (TPSA) is 42.3 Å². The van der Waals surface area contributed by atoms with E-state index < -0.39 is 0 Å². The third kappa shape index (κ3) is 4.58. The molecule has 1 aliphatic heterocycles. The summed E-state index contributed by atoms with van der Waals surface area (Å²) in [5, 5.41) is 3.36. The molecule has 2 heterocycles. The van der Waals surface area contributed by atoms with E-state index >= 15 is 0 Å². The van der Waals surface area contributed by atoms with Gasteiger partial charge in [0.25, 0.3) is 0 Å². The van der Waals surface area contributed by atoms with Crippen LogP contribution in [0.25, 0.3) is 0 Å². The van der Waals surface area contributed by atoms with Crippen molar-refractivity contribution in [2.24, 2.45) is 0 Å². The van der Waals surface area contributed by atoms with Crippen molar-refractivity contribution < 1.29 is 4.74 Å². The second kappa shape index (κ2) is 8.39. The van der Waals surface area contributed by atoms with Gasteiger partial charge in [0.1, 0.15) is 5.82 Å². The molecule has 1 aromatic rings. The van der Waals surface area contributed by atoms with E-state index in [1.165, 1.54) is 32.2 Å². The number of nitrogens with one attached hydrogen (secondary N) is 1. The molecule has 0 saturated carbocycles. The van der Waals surface area contributed by atoms with E-state index in [0.717, 1.165) is 38.1 Å². The predicted molar refractivity (Wildman–Crippen MR) is 80.7 cm³/mol. The van der Waals surface area contributed by atoms with Crippen LogP contribution in [0.1, 0.15) is 31.5 Å². The smallest absolute Gasteiger partial charge is 0.122 e. The van der Waals surface area contributed by atoms with Gasteiger partial charge >= 0.3 is 0 Å². The van der Waals surface area contributed by atoms with Crippen LogP contribution in [-0.4, -0.2) is 54.3 Å². The number of ether oxygens (including phenoxy) is 1. The molecule has 5 heteroatoms. The van der Waals surface area contributed by atoms with Crippen LogP contribution in [0.5, 0.6) is 0 Å². The molecular weight excluding hydrogens is 252 g/mol. The average Bonchev–Trinajstić information content (AvgIpc) is 2.90. The number of likely N-dealkylation sites (tertiary alicyclic amines) is 1. The van der Waals surface area contributed by atoms with Gasteiger partial charge in [-0.3, -0.25) is 0 Å². The summed E-state index contributed by atoms with van der Waals surface area (Å²) >= 11 is 0. The maximum Gasteiger partial charge on any atom is 0.122 e. The van der Waals surface area contributed by atoms with E-state index in [0.29, 0.717) is 0 Å². The second-order valence-corrected chi connectivity index (χ2v) is 5.63. The van der Waals surface area contributed by atoms with Crippen LogP contribution < -0.4 is 5.32 Å². The summed E-state index contributed by atoms with van der Waals surface area (Å²) in [5.41, 5.74) is 0. The molecule has 5 nitrogen and oxygen atoms in total. The van der Waals surface area contributed by atoms with Crippen LogP contribution >= 0.6 is 0 Å². The first-order valence-corrected chi connectivity index (χ1v) is 7.71. The fraction of sp³-hybridized carbons (Fsp3) is 0.800. The van der Waals surface area contributed by atoms with Gasteiger partial charge in [0.2, 0.25) is 0 Å². The Balaban J connectivity index is 1.76.